The highest BCUT2D eigenvalue weighted by atomic mass is 15.1. The Bertz CT molecular complexity index is 970. The van der Waals surface area contributed by atoms with Crippen LogP contribution in [0.1, 0.15) is 31.7 Å². The third-order valence-corrected chi connectivity index (χ3v) is 4.65. The largest absolute Gasteiger partial charge is 0.294 e. The maximum Gasteiger partial charge on any atom is 0.137 e. The molecule has 0 aliphatic heterocycles. The van der Waals surface area contributed by atoms with Crippen molar-refractivity contribution in [3.8, 4) is 5.82 Å². The molecule has 3 nitrogen and oxygen atoms in total. The Kier molecular flexibility index (Phi) is 3.34. The Hall–Kier alpha value is -2.68. The van der Waals surface area contributed by atoms with Gasteiger partial charge in [-0.2, -0.15) is 0 Å². The SMILES string of the molecule is CCC(C)c1ccc2c(c1)c1cnccc1n2-c1ccccn1. The molecule has 0 aliphatic carbocycles. The Balaban J connectivity index is 2.09. The lowest BCUT2D eigenvalue weighted by Crippen LogP contribution is -1.96. The zero-order chi connectivity index (χ0) is 15.8. The number of nitrogens with zero attached hydrogens (tertiary/aromatic N) is 3. The normalized spacial score (nSPS) is 12.8. The van der Waals surface area contributed by atoms with E-state index < -0.39 is 0 Å². The van der Waals surface area contributed by atoms with Gasteiger partial charge in [-0.25, -0.2) is 4.98 Å². The predicted molar refractivity (Wildman–Crippen MR) is 95.1 cm³/mol. The van der Waals surface area contributed by atoms with Crippen LogP contribution in [0.15, 0.2) is 61.1 Å². The van der Waals surface area contributed by atoms with E-state index in [1.165, 1.54) is 21.9 Å². The van der Waals surface area contributed by atoms with E-state index in [4.69, 9.17) is 0 Å². The van der Waals surface area contributed by atoms with Crippen molar-refractivity contribution in [2.24, 2.45) is 0 Å². The van der Waals surface area contributed by atoms with Crippen molar-refractivity contribution in [3.05, 3.63) is 66.6 Å². The van der Waals surface area contributed by atoms with Crippen LogP contribution in [0.5, 0.6) is 0 Å². The Morgan fingerprint density at radius 3 is 2.65 bits per heavy atom. The van der Waals surface area contributed by atoms with Crippen LogP contribution in [0.4, 0.5) is 0 Å². The first-order chi connectivity index (χ1) is 11.3. The summed E-state index contributed by atoms with van der Waals surface area (Å²) in [5.41, 5.74) is 3.71. The number of hydrogen-bond acceptors (Lipinski definition) is 2. The zero-order valence-corrected chi connectivity index (χ0v) is 13.4. The Morgan fingerprint density at radius 1 is 1.00 bits per heavy atom. The number of fused-ring (bicyclic) bond motifs is 3. The smallest absolute Gasteiger partial charge is 0.137 e. The van der Waals surface area contributed by atoms with E-state index in [1.54, 1.807) is 0 Å². The molecule has 1 atom stereocenters. The van der Waals surface area contributed by atoms with Gasteiger partial charge in [0.2, 0.25) is 0 Å². The molecule has 0 saturated heterocycles. The number of benzene rings is 1. The van der Waals surface area contributed by atoms with E-state index in [0.717, 1.165) is 17.8 Å². The van der Waals surface area contributed by atoms with Crippen LogP contribution in [0, 0.1) is 0 Å². The Morgan fingerprint density at radius 2 is 1.87 bits per heavy atom. The molecule has 0 fully saturated rings. The first-order valence-corrected chi connectivity index (χ1v) is 8.09. The van der Waals surface area contributed by atoms with Crippen molar-refractivity contribution in [2.45, 2.75) is 26.2 Å². The third-order valence-electron chi connectivity index (χ3n) is 4.65. The van der Waals surface area contributed by atoms with Crippen molar-refractivity contribution in [3.63, 3.8) is 0 Å². The maximum atomic E-state index is 4.54. The fourth-order valence-electron chi connectivity index (χ4n) is 3.16. The average molecular weight is 301 g/mol. The van der Waals surface area contributed by atoms with Crippen LogP contribution >= 0.6 is 0 Å². The van der Waals surface area contributed by atoms with E-state index in [2.05, 4.69) is 52.6 Å². The van der Waals surface area contributed by atoms with Crippen LogP contribution in [-0.4, -0.2) is 14.5 Å². The van der Waals surface area contributed by atoms with Gasteiger partial charge in [0.15, 0.2) is 0 Å². The minimum atomic E-state index is 0.560. The number of pyridine rings is 2. The van der Waals surface area contributed by atoms with Gasteiger partial charge in [0.05, 0.1) is 11.0 Å². The maximum absolute atomic E-state index is 4.54. The molecule has 3 heteroatoms. The molecule has 4 rings (SSSR count). The van der Waals surface area contributed by atoms with Gasteiger partial charge in [-0.1, -0.05) is 26.0 Å². The van der Waals surface area contributed by atoms with Crippen molar-refractivity contribution in [1.29, 1.82) is 0 Å². The number of hydrogen-bond donors (Lipinski definition) is 0. The second-order valence-electron chi connectivity index (χ2n) is 6.00. The molecule has 3 heterocycles. The van der Waals surface area contributed by atoms with E-state index in [1.807, 2.05) is 36.8 Å². The van der Waals surface area contributed by atoms with Crippen LogP contribution < -0.4 is 0 Å². The molecule has 3 aromatic heterocycles. The van der Waals surface area contributed by atoms with Gasteiger partial charge in [0, 0.05) is 29.4 Å². The van der Waals surface area contributed by atoms with Crippen LogP contribution in [-0.2, 0) is 0 Å². The zero-order valence-electron chi connectivity index (χ0n) is 13.4. The van der Waals surface area contributed by atoms with Gasteiger partial charge < -0.3 is 0 Å². The molecule has 0 amide bonds. The van der Waals surface area contributed by atoms with Crippen molar-refractivity contribution in [1.82, 2.24) is 14.5 Å². The standard InChI is InChI=1S/C20H19N3/c1-3-14(2)15-7-8-18-16(12-15)17-13-21-11-9-19(17)23(18)20-6-4-5-10-22-20/h4-14H,3H2,1-2H3. The van der Waals surface area contributed by atoms with Crippen molar-refractivity contribution in [2.75, 3.05) is 0 Å². The lowest BCUT2D eigenvalue weighted by atomic mass is 9.97. The summed E-state index contributed by atoms with van der Waals surface area (Å²) in [7, 11) is 0. The van der Waals surface area contributed by atoms with E-state index in [0.29, 0.717) is 5.92 Å². The second kappa shape index (κ2) is 5.51. The highest BCUT2D eigenvalue weighted by Crippen LogP contribution is 2.33. The molecule has 1 unspecified atom stereocenters. The molecule has 0 N–H and O–H groups in total. The Labute approximate surface area is 135 Å². The van der Waals surface area contributed by atoms with E-state index >= 15 is 0 Å². The minimum Gasteiger partial charge on any atom is -0.294 e. The summed E-state index contributed by atoms with van der Waals surface area (Å²) in [5.74, 6) is 1.50. The molecular weight excluding hydrogens is 282 g/mol. The summed E-state index contributed by atoms with van der Waals surface area (Å²) in [4.78, 5) is 8.87. The van der Waals surface area contributed by atoms with Crippen molar-refractivity contribution >= 4 is 21.8 Å². The highest BCUT2D eigenvalue weighted by molar-refractivity contribution is 6.08. The summed E-state index contributed by atoms with van der Waals surface area (Å²) < 4.78 is 2.22. The predicted octanol–water partition coefficient (Wildman–Crippen LogP) is 5.09. The summed E-state index contributed by atoms with van der Waals surface area (Å²) >= 11 is 0. The molecule has 0 bridgehead atoms. The molecule has 1 aromatic carbocycles. The summed E-state index contributed by atoms with van der Waals surface area (Å²) in [6, 6.07) is 14.8. The van der Waals surface area contributed by atoms with Gasteiger partial charge in [-0.05, 0) is 48.2 Å². The topological polar surface area (TPSA) is 30.7 Å². The molecule has 0 aliphatic rings. The molecule has 4 aromatic rings. The molecule has 0 spiro atoms. The van der Waals surface area contributed by atoms with Crippen LogP contribution in [0.25, 0.3) is 27.6 Å². The lowest BCUT2D eigenvalue weighted by Gasteiger charge is -2.10. The van der Waals surface area contributed by atoms with E-state index in [9.17, 15) is 0 Å². The number of aromatic nitrogens is 3. The molecule has 0 saturated carbocycles. The van der Waals surface area contributed by atoms with Gasteiger partial charge in [-0.15, -0.1) is 0 Å². The molecule has 23 heavy (non-hydrogen) atoms. The quantitative estimate of drug-likeness (QED) is 0.528. The van der Waals surface area contributed by atoms with Crippen molar-refractivity contribution < 1.29 is 0 Å². The van der Waals surface area contributed by atoms with Gasteiger partial charge >= 0.3 is 0 Å². The first kappa shape index (κ1) is 13.9. The van der Waals surface area contributed by atoms with Gasteiger partial charge in [-0.3, -0.25) is 9.55 Å². The van der Waals surface area contributed by atoms with E-state index in [-0.39, 0.29) is 0 Å². The molecule has 114 valence electrons. The average Bonchev–Trinajstić information content (AvgIpc) is 2.95. The van der Waals surface area contributed by atoms with Gasteiger partial charge in [0.1, 0.15) is 5.82 Å². The minimum absolute atomic E-state index is 0.560. The first-order valence-electron chi connectivity index (χ1n) is 8.09. The lowest BCUT2D eigenvalue weighted by molar-refractivity contribution is 0.735. The summed E-state index contributed by atoms with van der Waals surface area (Å²) in [5, 5.41) is 2.43. The monoisotopic (exact) mass is 301 g/mol. The molecule has 0 radical (unpaired) electrons. The van der Waals surface area contributed by atoms with Crippen LogP contribution in [0.2, 0.25) is 0 Å². The molecular formula is C20H19N3. The van der Waals surface area contributed by atoms with Crippen LogP contribution in [0.3, 0.4) is 0 Å². The van der Waals surface area contributed by atoms with Gasteiger partial charge in [0.25, 0.3) is 0 Å². The number of rotatable bonds is 3. The fourth-order valence-corrected chi connectivity index (χ4v) is 3.16. The third kappa shape index (κ3) is 2.20. The summed E-state index contributed by atoms with van der Waals surface area (Å²) in [6.45, 7) is 4.50. The fraction of sp³-hybridized carbons (Fsp3) is 0.200. The summed E-state index contributed by atoms with van der Waals surface area (Å²) in [6.07, 6.45) is 6.78. The second-order valence-corrected chi connectivity index (χ2v) is 6.00. The highest BCUT2D eigenvalue weighted by Gasteiger charge is 2.14.